The van der Waals surface area contributed by atoms with Crippen molar-refractivity contribution in [1.82, 2.24) is 4.57 Å². The summed E-state index contributed by atoms with van der Waals surface area (Å²) in [5.41, 5.74) is 1.51. The quantitative estimate of drug-likeness (QED) is 0.938. The van der Waals surface area contributed by atoms with Crippen LogP contribution >= 0.6 is 22.9 Å². The number of carboxylic acids is 1. The Bertz CT molecular complexity index is 632. The van der Waals surface area contributed by atoms with Gasteiger partial charge in [0.1, 0.15) is 0 Å². The van der Waals surface area contributed by atoms with Gasteiger partial charge in [0.25, 0.3) is 0 Å². The minimum Gasteiger partial charge on any atom is -0.481 e. The fraction of sp³-hybridized carbons (Fsp3) is 0.167. The van der Waals surface area contributed by atoms with Crippen LogP contribution in [-0.4, -0.2) is 15.6 Å². The van der Waals surface area contributed by atoms with Crippen molar-refractivity contribution in [3.8, 4) is 11.3 Å². The summed E-state index contributed by atoms with van der Waals surface area (Å²) in [6.07, 6.45) is -0.0792. The summed E-state index contributed by atoms with van der Waals surface area (Å²) in [5.74, 6) is -0.926. The monoisotopic (exact) mass is 283 g/mol. The number of hydrogen-bond acceptors (Lipinski definition) is 3. The van der Waals surface area contributed by atoms with Crippen LogP contribution in [0.5, 0.6) is 0 Å². The molecule has 0 spiro atoms. The number of carboxylic acid groups (broad SMARTS) is 1. The number of aliphatic carboxylic acids is 1. The first-order chi connectivity index (χ1) is 8.58. The highest BCUT2D eigenvalue weighted by atomic mass is 35.5. The molecule has 0 unspecified atom stereocenters. The summed E-state index contributed by atoms with van der Waals surface area (Å²) in [5, 5.41) is 11.0. The number of nitrogens with zero attached hydrogens (tertiary/aromatic N) is 1. The highest BCUT2D eigenvalue weighted by Gasteiger charge is 2.10. The highest BCUT2D eigenvalue weighted by Crippen LogP contribution is 2.23. The second kappa shape index (κ2) is 5.37. The van der Waals surface area contributed by atoms with Crippen molar-refractivity contribution >= 4 is 28.9 Å². The van der Waals surface area contributed by atoms with Gasteiger partial charge in [-0.15, -0.1) is 0 Å². The van der Waals surface area contributed by atoms with E-state index in [1.165, 1.54) is 4.57 Å². The van der Waals surface area contributed by atoms with Crippen LogP contribution in [0.15, 0.2) is 34.4 Å². The van der Waals surface area contributed by atoms with Crippen molar-refractivity contribution in [1.29, 1.82) is 0 Å². The minimum atomic E-state index is -0.926. The number of benzene rings is 1. The Labute approximate surface area is 112 Å². The predicted octanol–water partition coefficient (Wildman–Crippen LogP) is 2.70. The molecule has 1 N–H and O–H groups in total. The van der Waals surface area contributed by atoms with Gasteiger partial charge in [-0.1, -0.05) is 35.1 Å². The molecule has 0 radical (unpaired) electrons. The van der Waals surface area contributed by atoms with E-state index < -0.39 is 5.97 Å². The maximum Gasteiger partial charge on any atom is 0.307 e. The molecule has 0 atom stereocenters. The largest absolute Gasteiger partial charge is 0.481 e. The zero-order chi connectivity index (χ0) is 13.1. The smallest absolute Gasteiger partial charge is 0.307 e. The molecular formula is C12H10ClNO3S. The summed E-state index contributed by atoms with van der Waals surface area (Å²) in [6, 6.07) is 7.13. The van der Waals surface area contributed by atoms with Gasteiger partial charge < -0.3 is 5.11 Å². The van der Waals surface area contributed by atoms with Crippen molar-refractivity contribution in [2.24, 2.45) is 0 Å². The first-order valence-corrected chi connectivity index (χ1v) is 6.50. The molecule has 6 heteroatoms. The van der Waals surface area contributed by atoms with Crippen LogP contribution in [0, 0.1) is 0 Å². The topological polar surface area (TPSA) is 59.3 Å². The van der Waals surface area contributed by atoms with Gasteiger partial charge in [-0.25, -0.2) is 0 Å². The second-order valence-corrected chi connectivity index (χ2v) is 4.95. The van der Waals surface area contributed by atoms with E-state index in [1.807, 2.05) is 6.07 Å². The summed E-state index contributed by atoms with van der Waals surface area (Å²) in [6.45, 7) is 0.166. The third-order valence-corrected chi connectivity index (χ3v) is 3.45. The summed E-state index contributed by atoms with van der Waals surface area (Å²) < 4.78 is 1.46. The van der Waals surface area contributed by atoms with E-state index in [0.717, 1.165) is 16.9 Å². The van der Waals surface area contributed by atoms with Crippen molar-refractivity contribution in [3.05, 3.63) is 44.3 Å². The lowest BCUT2D eigenvalue weighted by Gasteiger charge is -2.06. The van der Waals surface area contributed by atoms with Gasteiger partial charge in [-0.2, -0.15) is 0 Å². The van der Waals surface area contributed by atoms with Crippen molar-refractivity contribution < 1.29 is 9.90 Å². The molecular weight excluding hydrogens is 274 g/mol. The van der Waals surface area contributed by atoms with Crippen LogP contribution in [0.4, 0.5) is 0 Å². The van der Waals surface area contributed by atoms with E-state index in [9.17, 15) is 9.59 Å². The highest BCUT2D eigenvalue weighted by molar-refractivity contribution is 7.07. The number of halogens is 1. The fourth-order valence-electron chi connectivity index (χ4n) is 1.62. The lowest BCUT2D eigenvalue weighted by molar-refractivity contribution is -0.137. The Morgan fingerprint density at radius 2 is 2.22 bits per heavy atom. The van der Waals surface area contributed by atoms with Crippen molar-refractivity contribution in [2.45, 2.75) is 13.0 Å². The molecule has 0 saturated heterocycles. The molecule has 0 aliphatic heterocycles. The predicted molar refractivity (Wildman–Crippen MR) is 71.3 cm³/mol. The van der Waals surface area contributed by atoms with Crippen molar-refractivity contribution in [3.63, 3.8) is 0 Å². The van der Waals surface area contributed by atoms with Crippen LogP contribution in [0.25, 0.3) is 11.3 Å². The molecule has 0 fully saturated rings. The maximum absolute atomic E-state index is 11.7. The van der Waals surface area contributed by atoms with Gasteiger partial charge in [0, 0.05) is 22.5 Å². The molecule has 1 aromatic heterocycles. The van der Waals surface area contributed by atoms with E-state index in [-0.39, 0.29) is 17.8 Å². The Hall–Kier alpha value is -1.59. The molecule has 18 heavy (non-hydrogen) atoms. The second-order valence-electron chi connectivity index (χ2n) is 3.69. The Morgan fingerprint density at radius 1 is 1.44 bits per heavy atom. The van der Waals surface area contributed by atoms with Crippen LogP contribution in [-0.2, 0) is 11.3 Å². The molecule has 0 aliphatic rings. The SMILES string of the molecule is O=C(O)CCn1c(-c2cccc(Cl)c2)csc1=O. The van der Waals surface area contributed by atoms with Gasteiger partial charge in [0.05, 0.1) is 12.1 Å². The van der Waals surface area contributed by atoms with E-state index in [4.69, 9.17) is 16.7 Å². The van der Waals surface area contributed by atoms with Crippen molar-refractivity contribution in [2.75, 3.05) is 0 Å². The van der Waals surface area contributed by atoms with Crippen LogP contribution in [0.3, 0.4) is 0 Å². The van der Waals surface area contributed by atoms with Gasteiger partial charge in [-0.05, 0) is 12.1 Å². The number of thiazole rings is 1. The standard InChI is InChI=1S/C12H10ClNO3S/c13-9-3-1-2-8(6-9)10-7-18-12(17)14(10)5-4-11(15)16/h1-3,6-7H,4-5H2,(H,15,16). The molecule has 0 saturated carbocycles. The van der Waals surface area contributed by atoms with Gasteiger partial charge >= 0.3 is 10.8 Å². The Kier molecular flexibility index (Phi) is 3.84. The number of hydrogen-bond donors (Lipinski definition) is 1. The molecule has 4 nitrogen and oxygen atoms in total. The average Bonchev–Trinajstić information content (AvgIpc) is 2.68. The molecule has 0 bridgehead atoms. The zero-order valence-electron chi connectivity index (χ0n) is 9.30. The van der Waals surface area contributed by atoms with Crippen LogP contribution in [0.2, 0.25) is 5.02 Å². The van der Waals surface area contributed by atoms with E-state index in [2.05, 4.69) is 0 Å². The van der Waals surface area contributed by atoms with Gasteiger partial charge in [0.2, 0.25) is 0 Å². The first kappa shape index (κ1) is 12.9. The third-order valence-electron chi connectivity index (χ3n) is 2.45. The minimum absolute atomic E-state index is 0.0792. The molecule has 0 aliphatic carbocycles. The third kappa shape index (κ3) is 2.80. The average molecular weight is 284 g/mol. The lowest BCUT2D eigenvalue weighted by atomic mass is 10.2. The molecule has 94 valence electrons. The summed E-state index contributed by atoms with van der Waals surface area (Å²) in [7, 11) is 0. The molecule has 2 rings (SSSR count). The molecule has 1 aromatic carbocycles. The van der Waals surface area contributed by atoms with E-state index in [0.29, 0.717) is 10.7 Å². The van der Waals surface area contributed by atoms with E-state index in [1.54, 1.807) is 23.6 Å². The molecule has 2 aromatic rings. The maximum atomic E-state index is 11.7. The van der Waals surface area contributed by atoms with E-state index >= 15 is 0 Å². The van der Waals surface area contributed by atoms with Gasteiger partial charge in [-0.3, -0.25) is 14.2 Å². The Balaban J connectivity index is 2.39. The van der Waals surface area contributed by atoms with Crippen LogP contribution in [0.1, 0.15) is 6.42 Å². The van der Waals surface area contributed by atoms with Gasteiger partial charge in [0.15, 0.2) is 0 Å². The Morgan fingerprint density at radius 3 is 2.89 bits per heavy atom. The molecule has 0 amide bonds. The fourth-order valence-corrected chi connectivity index (χ4v) is 2.61. The summed E-state index contributed by atoms with van der Waals surface area (Å²) in [4.78, 5) is 22.1. The number of aromatic nitrogens is 1. The number of carbonyl (C=O) groups is 1. The normalized spacial score (nSPS) is 10.5. The number of rotatable bonds is 4. The molecule has 1 heterocycles. The zero-order valence-corrected chi connectivity index (χ0v) is 10.9. The lowest BCUT2D eigenvalue weighted by Crippen LogP contribution is -2.16. The first-order valence-electron chi connectivity index (χ1n) is 5.24. The summed E-state index contributed by atoms with van der Waals surface area (Å²) >= 11 is 6.96. The van der Waals surface area contributed by atoms with Crippen LogP contribution < -0.4 is 4.87 Å².